The molecule has 1 aromatic heterocycles. The summed E-state index contributed by atoms with van der Waals surface area (Å²) in [4.78, 5) is 13.8. The molecule has 0 radical (unpaired) electrons. The van der Waals surface area contributed by atoms with Gasteiger partial charge in [-0.2, -0.15) is 5.26 Å². The van der Waals surface area contributed by atoms with Gasteiger partial charge in [0.2, 0.25) is 0 Å². The molecule has 5 heteroatoms. The van der Waals surface area contributed by atoms with Gasteiger partial charge in [-0.05, 0) is 30.5 Å². The number of benzene rings is 1. The zero-order valence-corrected chi connectivity index (χ0v) is 12.2. The molecule has 0 aliphatic carbocycles. The number of carboxylic acid groups (broad SMARTS) is 1. The zero-order valence-electron chi connectivity index (χ0n) is 11.4. The summed E-state index contributed by atoms with van der Waals surface area (Å²) in [7, 11) is 0. The topological polar surface area (TPSA) is 64.3 Å². The molecule has 0 saturated carbocycles. The largest absolute Gasteiger partial charge is 0.477 e. The number of hydrogen-bond acceptors (Lipinski definition) is 4. The average molecular weight is 298 g/mol. The highest BCUT2D eigenvalue weighted by Gasteiger charge is 2.19. The second-order valence-electron chi connectivity index (χ2n) is 5.01. The number of carbonyl (C=O) groups is 1. The van der Waals surface area contributed by atoms with Gasteiger partial charge in [0, 0.05) is 29.7 Å². The van der Waals surface area contributed by atoms with Gasteiger partial charge in [-0.25, -0.2) is 4.79 Å². The van der Waals surface area contributed by atoms with E-state index in [4.69, 9.17) is 5.26 Å². The lowest BCUT2D eigenvalue weighted by Gasteiger charge is -2.17. The van der Waals surface area contributed by atoms with E-state index in [1.165, 1.54) is 12.8 Å². The number of hydrogen-bond donors (Lipinski definition) is 1. The maximum atomic E-state index is 11.3. The van der Waals surface area contributed by atoms with Crippen LogP contribution in [0.4, 0.5) is 5.69 Å². The molecule has 1 aliphatic rings. The Morgan fingerprint density at radius 1 is 1.24 bits per heavy atom. The van der Waals surface area contributed by atoms with Crippen LogP contribution in [-0.4, -0.2) is 24.2 Å². The summed E-state index contributed by atoms with van der Waals surface area (Å²) in [5, 5.41) is 20.0. The number of carboxylic acids is 1. The fourth-order valence-electron chi connectivity index (χ4n) is 2.70. The van der Waals surface area contributed by atoms with Crippen LogP contribution in [0.3, 0.4) is 0 Å². The van der Waals surface area contributed by atoms with E-state index in [1.807, 2.05) is 24.3 Å². The lowest BCUT2D eigenvalue weighted by Crippen LogP contribution is -2.17. The van der Waals surface area contributed by atoms with E-state index in [-0.39, 0.29) is 4.88 Å². The molecule has 4 nitrogen and oxygen atoms in total. The number of aromatic carboxylic acids is 1. The normalized spacial score (nSPS) is 14.1. The Labute approximate surface area is 126 Å². The highest BCUT2D eigenvalue weighted by atomic mass is 32.1. The summed E-state index contributed by atoms with van der Waals surface area (Å²) in [5.74, 6) is -0.986. The first-order valence-electron chi connectivity index (χ1n) is 6.81. The molecule has 1 fully saturated rings. The van der Waals surface area contributed by atoms with Crippen LogP contribution in [0.25, 0.3) is 11.1 Å². The fourth-order valence-corrected chi connectivity index (χ4v) is 3.55. The van der Waals surface area contributed by atoms with Gasteiger partial charge in [0.25, 0.3) is 0 Å². The minimum atomic E-state index is -0.986. The maximum absolute atomic E-state index is 11.3. The Morgan fingerprint density at radius 2 is 1.90 bits per heavy atom. The van der Waals surface area contributed by atoms with Crippen molar-refractivity contribution in [1.29, 1.82) is 5.26 Å². The molecule has 0 spiro atoms. The van der Waals surface area contributed by atoms with Crippen molar-refractivity contribution in [3.05, 3.63) is 40.1 Å². The molecule has 1 aromatic carbocycles. The first-order valence-corrected chi connectivity index (χ1v) is 7.69. The second-order valence-corrected chi connectivity index (χ2v) is 5.89. The summed E-state index contributed by atoms with van der Waals surface area (Å²) < 4.78 is 0. The van der Waals surface area contributed by atoms with Gasteiger partial charge in [0.15, 0.2) is 0 Å². The molecule has 1 saturated heterocycles. The average Bonchev–Trinajstić information content (AvgIpc) is 3.16. The number of nitrogens with zero attached hydrogens (tertiary/aromatic N) is 2. The van der Waals surface area contributed by atoms with Crippen molar-refractivity contribution < 1.29 is 9.90 Å². The van der Waals surface area contributed by atoms with Crippen molar-refractivity contribution in [2.24, 2.45) is 0 Å². The number of nitriles is 1. The van der Waals surface area contributed by atoms with Crippen molar-refractivity contribution in [3.8, 4) is 17.2 Å². The molecule has 1 aliphatic heterocycles. The van der Waals surface area contributed by atoms with E-state index in [0.29, 0.717) is 11.1 Å². The molecule has 106 valence electrons. The first kappa shape index (κ1) is 13.7. The van der Waals surface area contributed by atoms with Crippen LogP contribution in [0, 0.1) is 11.3 Å². The molecule has 1 N–H and O–H groups in total. The van der Waals surface area contributed by atoms with E-state index in [9.17, 15) is 9.90 Å². The molecular formula is C16H14N2O2S. The van der Waals surface area contributed by atoms with Gasteiger partial charge in [-0.1, -0.05) is 12.1 Å². The van der Waals surface area contributed by atoms with Gasteiger partial charge >= 0.3 is 5.97 Å². The van der Waals surface area contributed by atoms with E-state index >= 15 is 0 Å². The minimum Gasteiger partial charge on any atom is -0.477 e. The predicted molar refractivity (Wildman–Crippen MR) is 82.9 cm³/mol. The second kappa shape index (κ2) is 5.58. The summed E-state index contributed by atoms with van der Waals surface area (Å²) in [5.41, 5.74) is 2.89. The van der Waals surface area contributed by atoms with E-state index in [1.54, 1.807) is 5.38 Å². The smallest absolute Gasteiger partial charge is 0.346 e. The Bertz CT molecular complexity index is 707. The zero-order chi connectivity index (χ0) is 14.8. The first-order chi connectivity index (χ1) is 10.2. The van der Waals surface area contributed by atoms with Crippen LogP contribution in [0.1, 0.15) is 28.1 Å². The maximum Gasteiger partial charge on any atom is 0.346 e. The third-order valence-corrected chi connectivity index (χ3v) is 4.70. The van der Waals surface area contributed by atoms with Crippen LogP contribution in [0.2, 0.25) is 0 Å². The van der Waals surface area contributed by atoms with Crippen LogP contribution < -0.4 is 4.90 Å². The van der Waals surface area contributed by atoms with Crippen molar-refractivity contribution >= 4 is 23.0 Å². The van der Waals surface area contributed by atoms with Gasteiger partial charge < -0.3 is 10.0 Å². The Kier molecular flexibility index (Phi) is 3.63. The number of thiophene rings is 1. The lowest BCUT2D eigenvalue weighted by molar-refractivity contribution is 0.0703. The van der Waals surface area contributed by atoms with Crippen LogP contribution in [0.15, 0.2) is 29.6 Å². The molecule has 3 rings (SSSR count). The molecule has 2 heterocycles. The highest BCUT2D eigenvalue weighted by Crippen LogP contribution is 2.34. The number of anilines is 1. The summed E-state index contributed by atoms with van der Waals surface area (Å²) in [6.45, 7) is 2.14. The number of rotatable bonds is 3. The van der Waals surface area contributed by atoms with Gasteiger partial charge in [-0.3, -0.25) is 0 Å². The standard InChI is InChI=1S/C16H14N2O2S/c17-9-12-10-21-15(16(19)20)14(12)11-3-5-13(6-4-11)18-7-1-2-8-18/h3-6,10H,1-2,7-8H2,(H,19,20). The summed E-state index contributed by atoms with van der Waals surface area (Å²) in [6, 6.07) is 9.90. The minimum absolute atomic E-state index is 0.223. The van der Waals surface area contributed by atoms with Crippen molar-refractivity contribution in [3.63, 3.8) is 0 Å². The van der Waals surface area contributed by atoms with Crippen molar-refractivity contribution in [2.45, 2.75) is 12.8 Å². The Balaban J connectivity index is 1.99. The van der Waals surface area contributed by atoms with Crippen LogP contribution in [-0.2, 0) is 0 Å². The highest BCUT2D eigenvalue weighted by molar-refractivity contribution is 7.12. The van der Waals surface area contributed by atoms with E-state index in [0.717, 1.165) is 35.7 Å². The molecule has 0 amide bonds. The summed E-state index contributed by atoms with van der Waals surface area (Å²) >= 11 is 1.10. The van der Waals surface area contributed by atoms with E-state index < -0.39 is 5.97 Å². The van der Waals surface area contributed by atoms with Gasteiger partial charge in [0.05, 0.1) is 5.56 Å². The van der Waals surface area contributed by atoms with E-state index in [2.05, 4.69) is 11.0 Å². The third-order valence-electron chi connectivity index (χ3n) is 3.73. The molecule has 0 unspecified atom stereocenters. The molecule has 21 heavy (non-hydrogen) atoms. The van der Waals surface area contributed by atoms with Gasteiger partial charge in [-0.15, -0.1) is 11.3 Å². The summed E-state index contributed by atoms with van der Waals surface area (Å²) in [6.07, 6.45) is 2.43. The quantitative estimate of drug-likeness (QED) is 0.940. The Morgan fingerprint density at radius 3 is 2.48 bits per heavy atom. The van der Waals surface area contributed by atoms with Crippen molar-refractivity contribution in [1.82, 2.24) is 0 Å². The lowest BCUT2D eigenvalue weighted by atomic mass is 10.0. The molecule has 2 aromatic rings. The third kappa shape index (κ3) is 2.50. The fraction of sp³-hybridized carbons (Fsp3) is 0.250. The van der Waals surface area contributed by atoms with Crippen molar-refractivity contribution in [2.75, 3.05) is 18.0 Å². The van der Waals surface area contributed by atoms with Gasteiger partial charge in [0.1, 0.15) is 10.9 Å². The molecule has 0 bridgehead atoms. The monoisotopic (exact) mass is 298 g/mol. The predicted octanol–water partition coefficient (Wildman–Crippen LogP) is 3.59. The molecular weight excluding hydrogens is 284 g/mol. The SMILES string of the molecule is N#Cc1csc(C(=O)O)c1-c1ccc(N2CCCC2)cc1. The molecule has 0 atom stereocenters. The Hall–Kier alpha value is -2.32. The van der Waals surface area contributed by atoms with Crippen LogP contribution in [0.5, 0.6) is 0 Å². The van der Waals surface area contributed by atoms with Crippen LogP contribution >= 0.6 is 11.3 Å².